The van der Waals surface area contributed by atoms with Gasteiger partial charge in [-0.25, -0.2) is 0 Å². The third-order valence-corrected chi connectivity index (χ3v) is 7.08. The lowest BCUT2D eigenvalue weighted by molar-refractivity contribution is 0.0506. The zero-order valence-corrected chi connectivity index (χ0v) is 20.7. The summed E-state index contributed by atoms with van der Waals surface area (Å²) in [5, 5.41) is 13.8. The molecule has 2 aliphatic rings. The minimum Gasteiger partial charge on any atom is -0.502 e. The molecule has 0 spiro atoms. The Hall–Kier alpha value is -2.86. The molecule has 9 heteroatoms. The molecule has 0 radical (unpaired) electrons. The van der Waals surface area contributed by atoms with Crippen LogP contribution < -0.4 is 15.7 Å². The first kappa shape index (κ1) is 23.3. The van der Waals surface area contributed by atoms with Crippen molar-refractivity contribution in [3.63, 3.8) is 0 Å². The van der Waals surface area contributed by atoms with Gasteiger partial charge in [0.2, 0.25) is 5.43 Å². The second-order valence-electron chi connectivity index (χ2n) is 9.14. The van der Waals surface area contributed by atoms with E-state index in [-0.39, 0.29) is 23.3 Å². The average Bonchev–Trinajstić information content (AvgIpc) is 2.77. The molecular formula is C24H31N4O4P. The molecule has 3 atom stereocenters. The number of carbonyl (C=O) groups is 2. The molecule has 1 aromatic heterocycles. The molecule has 1 saturated heterocycles. The van der Waals surface area contributed by atoms with E-state index < -0.39 is 17.1 Å². The first-order valence-corrected chi connectivity index (χ1v) is 11.9. The van der Waals surface area contributed by atoms with E-state index in [0.29, 0.717) is 25.6 Å². The molecule has 8 nitrogen and oxygen atoms in total. The third kappa shape index (κ3) is 4.01. The zero-order chi connectivity index (χ0) is 24.0. The lowest BCUT2D eigenvalue weighted by Gasteiger charge is -2.50. The summed E-state index contributed by atoms with van der Waals surface area (Å²) in [7, 11) is 4.28. The molecular weight excluding hydrogens is 439 g/mol. The van der Waals surface area contributed by atoms with Crippen molar-refractivity contribution in [3.05, 3.63) is 57.0 Å². The largest absolute Gasteiger partial charge is 0.502 e. The quantitative estimate of drug-likeness (QED) is 0.689. The highest BCUT2D eigenvalue weighted by Gasteiger charge is 2.42. The maximum absolute atomic E-state index is 13.3. The topological polar surface area (TPSA) is 86.1 Å². The molecule has 2 aromatic rings. The number of aromatic nitrogens is 1. The standard InChI is InChI=1S/C24H31N4O4P/c1-5-26-19-9-6-14(2)11-27(19)28-13-18(21(29)22(30)20(28)24(26)32)23(31)25(4)12-16-7-8-17(33)10-15(16)3/h7-8,10,13-14,19,30H,5-6,9,11-12,33H2,1-4H3/t14-,19+/m1/s1. The number of benzene rings is 1. The number of piperidine rings is 1. The Kier molecular flexibility index (Phi) is 6.23. The van der Waals surface area contributed by atoms with Crippen molar-refractivity contribution < 1.29 is 14.7 Å². The van der Waals surface area contributed by atoms with E-state index in [2.05, 4.69) is 16.2 Å². The molecule has 1 unspecified atom stereocenters. The Labute approximate surface area is 196 Å². The van der Waals surface area contributed by atoms with Crippen LogP contribution in [0.25, 0.3) is 0 Å². The van der Waals surface area contributed by atoms with E-state index in [4.69, 9.17) is 0 Å². The highest BCUT2D eigenvalue weighted by molar-refractivity contribution is 7.27. The van der Waals surface area contributed by atoms with Gasteiger partial charge in [-0.1, -0.05) is 25.1 Å². The molecule has 2 aliphatic heterocycles. The second-order valence-corrected chi connectivity index (χ2v) is 9.80. The summed E-state index contributed by atoms with van der Waals surface area (Å²) in [5.41, 5.74) is 0.982. The van der Waals surface area contributed by atoms with Gasteiger partial charge < -0.3 is 14.9 Å². The van der Waals surface area contributed by atoms with Crippen molar-refractivity contribution in [1.82, 2.24) is 14.5 Å². The Morgan fingerprint density at radius 3 is 2.67 bits per heavy atom. The molecule has 33 heavy (non-hydrogen) atoms. The molecule has 3 heterocycles. The van der Waals surface area contributed by atoms with Crippen molar-refractivity contribution in [2.24, 2.45) is 5.92 Å². The molecule has 1 fully saturated rings. The smallest absolute Gasteiger partial charge is 0.278 e. The molecule has 1 N–H and O–H groups in total. The lowest BCUT2D eigenvalue weighted by Crippen LogP contribution is -2.64. The van der Waals surface area contributed by atoms with Gasteiger partial charge in [-0.3, -0.25) is 24.1 Å². The third-order valence-electron chi connectivity index (χ3n) is 6.72. The van der Waals surface area contributed by atoms with Gasteiger partial charge in [0.05, 0.1) is 0 Å². The molecule has 1 aromatic carbocycles. The number of hydrogen-bond donors (Lipinski definition) is 1. The first-order chi connectivity index (χ1) is 15.6. The van der Waals surface area contributed by atoms with Crippen LogP contribution in [0.4, 0.5) is 0 Å². The Bertz CT molecular complexity index is 1180. The fraction of sp³-hybridized carbons (Fsp3) is 0.458. The Balaban J connectivity index is 1.74. The molecule has 4 rings (SSSR count). The SMILES string of the molecule is CCN1C(=O)c2c(O)c(=O)c(C(=O)N(C)Cc3ccc(P)cc3C)cn2N2C[C@H](C)CC[C@@H]12. The van der Waals surface area contributed by atoms with Gasteiger partial charge in [-0.2, -0.15) is 0 Å². The van der Waals surface area contributed by atoms with Gasteiger partial charge in [0.15, 0.2) is 11.4 Å². The van der Waals surface area contributed by atoms with E-state index in [1.807, 2.05) is 37.1 Å². The maximum atomic E-state index is 13.3. The number of hydrogen-bond acceptors (Lipinski definition) is 5. The van der Waals surface area contributed by atoms with Gasteiger partial charge in [0.25, 0.3) is 11.8 Å². The van der Waals surface area contributed by atoms with E-state index in [1.165, 1.54) is 11.1 Å². The number of amides is 2. The monoisotopic (exact) mass is 470 g/mol. The van der Waals surface area contributed by atoms with Crippen LogP contribution in [-0.4, -0.2) is 57.7 Å². The molecule has 2 amide bonds. The maximum Gasteiger partial charge on any atom is 0.278 e. The zero-order valence-electron chi connectivity index (χ0n) is 19.5. The number of aryl methyl sites for hydroxylation is 1. The van der Waals surface area contributed by atoms with E-state index in [0.717, 1.165) is 29.3 Å². The molecule has 176 valence electrons. The summed E-state index contributed by atoms with van der Waals surface area (Å²) < 4.78 is 1.54. The number of carbonyl (C=O) groups excluding carboxylic acids is 2. The van der Waals surface area contributed by atoms with Gasteiger partial charge in [-0.05, 0) is 49.0 Å². The van der Waals surface area contributed by atoms with Gasteiger partial charge in [0.1, 0.15) is 11.7 Å². The van der Waals surface area contributed by atoms with Gasteiger partial charge >= 0.3 is 0 Å². The molecule has 0 bridgehead atoms. The van der Waals surface area contributed by atoms with Crippen LogP contribution in [0.3, 0.4) is 0 Å². The highest BCUT2D eigenvalue weighted by Crippen LogP contribution is 2.31. The number of fused-ring (bicyclic) bond motifs is 3. The van der Waals surface area contributed by atoms with Gasteiger partial charge in [-0.15, -0.1) is 9.24 Å². The predicted molar refractivity (Wildman–Crippen MR) is 131 cm³/mol. The normalized spacial score (nSPS) is 19.8. The van der Waals surface area contributed by atoms with Crippen LogP contribution in [0.1, 0.15) is 58.7 Å². The minimum atomic E-state index is -0.817. The van der Waals surface area contributed by atoms with Crippen LogP contribution in [-0.2, 0) is 6.54 Å². The van der Waals surface area contributed by atoms with Gasteiger partial charge in [0, 0.05) is 32.9 Å². The van der Waals surface area contributed by atoms with Crippen molar-refractivity contribution >= 4 is 26.4 Å². The van der Waals surface area contributed by atoms with Crippen LogP contribution in [0, 0.1) is 12.8 Å². The van der Waals surface area contributed by atoms with E-state index >= 15 is 0 Å². The fourth-order valence-electron chi connectivity index (χ4n) is 4.86. The Morgan fingerprint density at radius 1 is 1.27 bits per heavy atom. The van der Waals surface area contributed by atoms with Crippen LogP contribution in [0.15, 0.2) is 29.2 Å². The summed E-state index contributed by atoms with van der Waals surface area (Å²) in [5.74, 6) is -1.17. The number of rotatable bonds is 4. The number of pyridine rings is 1. The Morgan fingerprint density at radius 2 is 2.00 bits per heavy atom. The van der Waals surface area contributed by atoms with Crippen molar-refractivity contribution in [3.8, 4) is 5.75 Å². The average molecular weight is 471 g/mol. The number of aromatic hydroxyl groups is 1. The van der Waals surface area contributed by atoms with Crippen molar-refractivity contribution in [2.75, 3.05) is 25.1 Å². The summed E-state index contributed by atoms with van der Waals surface area (Å²) in [6, 6.07) is 5.92. The number of nitrogens with zero attached hydrogens (tertiary/aromatic N) is 4. The predicted octanol–water partition coefficient (Wildman–Crippen LogP) is 1.80. The highest BCUT2D eigenvalue weighted by atomic mass is 31.0. The van der Waals surface area contributed by atoms with E-state index in [1.54, 1.807) is 16.6 Å². The summed E-state index contributed by atoms with van der Waals surface area (Å²) in [6.45, 7) is 7.45. The lowest BCUT2D eigenvalue weighted by atomic mass is 9.97. The van der Waals surface area contributed by atoms with E-state index in [9.17, 15) is 19.5 Å². The summed E-state index contributed by atoms with van der Waals surface area (Å²) in [6.07, 6.45) is 3.04. The summed E-state index contributed by atoms with van der Waals surface area (Å²) >= 11 is 0. The van der Waals surface area contributed by atoms with Crippen LogP contribution >= 0.6 is 9.24 Å². The molecule has 0 aliphatic carbocycles. The van der Waals surface area contributed by atoms with Crippen molar-refractivity contribution in [2.45, 2.75) is 46.3 Å². The second kappa shape index (κ2) is 8.82. The molecule has 0 saturated carbocycles. The van der Waals surface area contributed by atoms with Crippen LogP contribution in [0.5, 0.6) is 5.75 Å². The fourth-order valence-corrected chi connectivity index (χ4v) is 5.21. The summed E-state index contributed by atoms with van der Waals surface area (Å²) in [4.78, 5) is 42.6. The first-order valence-electron chi connectivity index (χ1n) is 11.3. The minimum absolute atomic E-state index is 0.0710. The van der Waals surface area contributed by atoms with Crippen LogP contribution in [0.2, 0.25) is 0 Å². The van der Waals surface area contributed by atoms with Crippen molar-refractivity contribution in [1.29, 1.82) is 0 Å².